The molecule has 4 nitrogen and oxygen atoms in total. The topological polar surface area (TPSA) is 53.6 Å². The Morgan fingerprint density at radius 3 is 2.93 bits per heavy atom. The molecule has 2 aliphatic carbocycles. The second kappa shape index (κ2) is 3.59. The number of aromatic amines is 1. The summed E-state index contributed by atoms with van der Waals surface area (Å²) < 4.78 is 0. The first-order valence-electron chi connectivity index (χ1n) is 5.92. The van der Waals surface area contributed by atoms with Gasteiger partial charge < -0.3 is 5.32 Å². The zero-order chi connectivity index (χ0) is 10.3. The van der Waals surface area contributed by atoms with Gasteiger partial charge in [0.15, 0.2) is 5.82 Å². The first kappa shape index (κ1) is 9.33. The molecule has 3 rings (SSSR count). The fourth-order valence-electron chi connectivity index (χ4n) is 3.19. The number of aryl methyl sites for hydroxylation is 1. The van der Waals surface area contributed by atoms with Gasteiger partial charge in [-0.15, -0.1) is 0 Å². The molecule has 0 saturated heterocycles. The number of aromatic nitrogens is 3. The molecule has 1 aromatic heterocycles. The maximum Gasteiger partial charge on any atom is 0.164 e. The van der Waals surface area contributed by atoms with Crippen molar-refractivity contribution in [2.45, 2.75) is 45.2 Å². The van der Waals surface area contributed by atoms with Gasteiger partial charge in [0.25, 0.3) is 0 Å². The van der Waals surface area contributed by atoms with E-state index in [0.29, 0.717) is 0 Å². The van der Waals surface area contributed by atoms with E-state index < -0.39 is 0 Å². The van der Waals surface area contributed by atoms with Crippen LogP contribution in [0.1, 0.15) is 37.3 Å². The highest BCUT2D eigenvalue weighted by atomic mass is 15.2. The van der Waals surface area contributed by atoms with Crippen LogP contribution in [0.3, 0.4) is 0 Å². The molecule has 2 bridgehead atoms. The molecule has 0 amide bonds. The van der Waals surface area contributed by atoms with Gasteiger partial charge in [-0.1, -0.05) is 6.42 Å². The summed E-state index contributed by atoms with van der Waals surface area (Å²) >= 11 is 0. The predicted molar refractivity (Wildman–Crippen MR) is 57.2 cm³/mol. The lowest BCUT2D eigenvalue weighted by Gasteiger charge is -2.22. The molecule has 2 fully saturated rings. The smallest absolute Gasteiger partial charge is 0.164 e. The van der Waals surface area contributed by atoms with Gasteiger partial charge in [-0.25, -0.2) is 4.98 Å². The zero-order valence-corrected chi connectivity index (χ0v) is 9.16. The van der Waals surface area contributed by atoms with Crippen molar-refractivity contribution in [3.8, 4) is 0 Å². The van der Waals surface area contributed by atoms with Crippen LogP contribution >= 0.6 is 0 Å². The number of H-pyrrole nitrogens is 1. The van der Waals surface area contributed by atoms with E-state index in [4.69, 9.17) is 0 Å². The Bertz CT molecular complexity index is 346. The average Bonchev–Trinajstić information content (AvgIpc) is 2.90. The maximum absolute atomic E-state index is 4.30. The van der Waals surface area contributed by atoms with Crippen LogP contribution in [0.15, 0.2) is 0 Å². The molecule has 3 unspecified atom stereocenters. The fraction of sp³-hybridized carbons (Fsp3) is 0.818. The van der Waals surface area contributed by atoms with Crippen molar-refractivity contribution >= 4 is 0 Å². The Morgan fingerprint density at radius 1 is 1.40 bits per heavy atom. The van der Waals surface area contributed by atoms with Gasteiger partial charge >= 0.3 is 0 Å². The summed E-state index contributed by atoms with van der Waals surface area (Å²) in [6, 6.07) is 0.725. The second-order valence-corrected chi connectivity index (χ2v) is 5.00. The number of fused-ring (bicyclic) bond motifs is 2. The molecular weight excluding hydrogens is 188 g/mol. The number of hydrogen-bond donors (Lipinski definition) is 2. The maximum atomic E-state index is 4.30. The molecule has 0 aliphatic heterocycles. The van der Waals surface area contributed by atoms with Crippen LogP contribution in [0.5, 0.6) is 0 Å². The lowest BCUT2D eigenvalue weighted by Crippen LogP contribution is -2.33. The Balaban J connectivity index is 1.54. The third-order valence-corrected chi connectivity index (χ3v) is 3.90. The van der Waals surface area contributed by atoms with Crippen LogP contribution in [0.25, 0.3) is 0 Å². The molecule has 2 saturated carbocycles. The SMILES string of the molecule is Cc1nc(CNC2CC3CCC2C3)n[nH]1. The van der Waals surface area contributed by atoms with Crippen LogP contribution in [0.2, 0.25) is 0 Å². The van der Waals surface area contributed by atoms with Gasteiger partial charge in [-0.3, -0.25) is 5.10 Å². The standard InChI is InChI=1S/C11H18N4/c1-7-13-11(15-14-7)6-12-10-5-8-2-3-9(10)4-8/h8-10,12H,2-6H2,1H3,(H,13,14,15). The van der Waals surface area contributed by atoms with Gasteiger partial charge in [0, 0.05) is 6.04 Å². The van der Waals surface area contributed by atoms with E-state index in [9.17, 15) is 0 Å². The fourth-order valence-corrected chi connectivity index (χ4v) is 3.19. The summed E-state index contributed by atoms with van der Waals surface area (Å²) in [6.07, 6.45) is 5.71. The Kier molecular flexibility index (Phi) is 2.24. The van der Waals surface area contributed by atoms with E-state index in [1.54, 1.807) is 0 Å². The van der Waals surface area contributed by atoms with E-state index in [1.807, 2.05) is 6.92 Å². The van der Waals surface area contributed by atoms with Gasteiger partial charge in [0.05, 0.1) is 6.54 Å². The first-order valence-corrected chi connectivity index (χ1v) is 5.92. The summed E-state index contributed by atoms with van der Waals surface area (Å²) in [5.74, 6) is 3.73. The monoisotopic (exact) mass is 206 g/mol. The van der Waals surface area contributed by atoms with Crippen LogP contribution in [-0.4, -0.2) is 21.2 Å². The molecule has 2 aliphatic rings. The molecule has 0 aromatic carbocycles. The molecular formula is C11H18N4. The van der Waals surface area contributed by atoms with Crippen molar-refractivity contribution in [3.63, 3.8) is 0 Å². The molecule has 3 atom stereocenters. The molecule has 4 heteroatoms. The van der Waals surface area contributed by atoms with E-state index in [-0.39, 0.29) is 0 Å². The highest BCUT2D eigenvalue weighted by Gasteiger charge is 2.39. The molecule has 2 N–H and O–H groups in total. The second-order valence-electron chi connectivity index (χ2n) is 5.00. The Hall–Kier alpha value is -0.900. The molecule has 15 heavy (non-hydrogen) atoms. The normalized spacial score (nSPS) is 33.8. The molecule has 82 valence electrons. The van der Waals surface area contributed by atoms with Crippen molar-refractivity contribution in [1.29, 1.82) is 0 Å². The Morgan fingerprint density at radius 2 is 2.33 bits per heavy atom. The summed E-state index contributed by atoms with van der Waals surface area (Å²) in [4.78, 5) is 4.30. The minimum atomic E-state index is 0.725. The summed E-state index contributed by atoms with van der Waals surface area (Å²) in [5, 5.41) is 10.6. The minimum absolute atomic E-state index is 0.725. The predicted octanol–water partition coefficient (Wildman–Crippen LogP) is 1.39. The third-order valence-electron chi connectivity index (χ3n) is 3.90. The van der Waals surface area contributed by atoms with Gasteiger partial charge in [0.2, 0.25) is 0 Å². The number of nitrogens with zero attached hydrogens (tertiary/aromatic N) is 2. The zero-order valence-electron chi connectivity index (χ0n) is 9.16. The number of hydrogen-bond acceptors (Lipinski definition) is 3. The lowest BCUT2D eigenvalue weighted by molar-refractivity contribution is 0.348. The lowest BCUT2D eigenvalue weighted by atomic mass is 9.95. The Labute approximate surface area is 89.9 Å². The third kappa shape index (κ3) is 1.78. The van der Waals surface area contributed by atoms with Crippen LogP contribution in [0.4, 0.5) is 0 Å². The van der Waals surface area contributed by atoms with Crippen molar-refractivity contribution in [1.82, 2.24) is 20.5 Å². The largest absolute Gasteiger partial charge is 0.307 e. The first-order chi connectivity index (χ1) is 7.31. The van der Waals surface area contributed by atoms with Gasteiger partial charge in [0.1, 0.15) is 5.82 Å². The van der Waals surface area contributed by atoms with Crippen molar-refractivity contribution in [2.24, 2.45) is 11.8 Å². The quantitative estimate of drug-likeness (QED) is 0.785. The van der Waals surface area contributed by atoms with Gasteiger partial charge in [-0.2, -0.15) is 5.10 Å². The van der Waals surface area contributed by atoms with Gasteiger partial charge in [-0.05, 0) is 38.0 Å². The highest BCUT2D eigenvalue weighted by Crippen LogP contribution is 2.44. The summed E-state index contributed by atoms with van der Waals surface area (Å²) in [5.41, 5.74) is 0. The molecule has 1 aromatic rings. The minimum Gasteiger partial charge on any atom is -0.307 e. The van der Waals surface area contributed by atoms with E-state index in [2.05, 4.69) is 20.5 Å². The molecule has 0 radical (unpaired) electrons. The number of rotatable bonds is 3. The van der Waals surface area contributed by atoms with E-state index in [1.165, 1.54) is 25.7 Å². The van der Waals surface area contributed by atoms with E-state index in [0.717, 1.165) is 36.1 Å². The van der Waals surface area contributed by atoms with Crippen molar-refractivity contribution in [3.05, 3.63) is 11.6 Å². The average molecular weight is 206 g/mol. The summed E-state index contributed by atoms with van der Waals surface area (Å²) in [7, 11) is 0. The number of nitrogens with one attached hydrogen (secondary N) is 2. The van der Waals surface area contributed by atoms with Crippen molar-refractivity contribution in [2.75, 3.05) is 0 Å². The molecule has 1 heterocycles. The summed E-state index contributed by atoms with van der Waals surface area (Å²) in [6.45, 7) is 2.76. The van der Waals surface area contributed by atoms with Crippen molar-refractivity contribution < 1.29 is 0 Å². The molecule has 0 spiro atoms. The van der Waals surface area contributed by atoms with Crippen LogP contribution in [0, 0.1) is 18.8 Å². The van der Waals surface area contributed by atoms with E-state index >= 15 is 0 Å². The van der Waals surface area contributed by atoms with Crippen LogP contribution in [-0.2, 0) is 6.54 Å². The van der Waals surface area contributed by atoms with Crippen LogP contribution < -0.4 is 5.32 Å². The highest BCUT2D eigenvalue weighted by molar-refractivity contribution is 4.95.